The third-order valence-electron chi connectivity index (χ3n) is 2.28. The minimum absolute atomic E-state index is 0.242. The zero-order valence-corrected chi connectivity index (χ0v) is 10.9. The Morgan fingerprint density at radius 1 is 1.29 bits per heavy atom. The van der Waals surface area contributed by atoms with Crippen molar-refractivity contribution in [1.29, 1.82) is 0 Å². The van der Waals surface area contributed by atoms with Crippen LogP contribution in [0.1, 0.15) is 31.9 Å². The van der Waals surface area contributed by atoms with Gasteiger partial charge in [-0.05, 0) is 18.9 Å². The Bertz CT molecular complexity index is 248. The zero-order chi connectivity index (χ0) is 10.4. The van der Waals surface area contributed by atoms with Crippen molar-refractivity contribution in [2.24, 2.45) is 0 Å². The van der Waals surface area contributed by atoms with E-state index < -0.39 is 0 Å². The molecule has 0 spiro atoms. The van der Waals surface area contributed by atoms with Crippen molar-refractivity contribution in [2.75, 3.05) is 4.43 Å². The molecule has 0 heterocycles. The van der Waals surface area contributed by atoms with Crippen molar-refractivity contribution < 1.29 is 4.74 Å². The molecular formula is C12H17IO. The minimum Gasteiger partial charge on any atom is -0.370 e. The van der Waals surface area contributed by atoms with E-state index in [-0.39, 0.29) is 6.10 Å². The highest BCUT2D eigenvalue weighted by Gasteiger charge is 2.12. The topological polar surface area (TPSA) is 9.23 Å². The highest BCUT2D eigenvalue weighted by molar-refractivity contribution is 14.1. The molecule has 1 aromatic carbocycles. The monoisotopic (exact) mass is 304 g/mol. The molecule has 2 unspecified atom stereocenters. The number of ether oxygens (including phenoxy) is 1. The third-order valence-corrected chi connectivity index (χ3v) is 3.08. The number of halogens is 1. The molecule has 0 aliphatic rings. The van der Waals surface area contributed by atoms with Gasteiger partial charge in [-0.25, -0.2) is 0 Å². The lowest BCUT2D eigenvalue weighted by Gasteiger charge is -2.20. The summed E-state index contributed by atoms with van der Waals surface area (Å²) >= 11 is 2.38. The van der Waals surface area contributed by atoms with E-state index in [1.54, 1.807) is 0 Å². The minimum atomic E-state index is 0.242. The lowest BCUT2D eigenvalue weighted by molar-refractivity contribution is 0.00978. The molecule has 1 nitrogen and oxygen atoms in total. The van der Waals surface area contributed by atoms with E-state index in [1.165, 1.54) is 5.56 Å². The molecule has 0 aliphatic carbocycles. The Balaban J connectivity index is 2.63. The second kappa shape index (κ2) is 6.40. The van der Waals surface area contributed by atoms with Crippen molar-refractivity contribution >= 4 is 22.6 Å². The van der Waals surface area contributed by atoms with Crippen LogP contribution in [-0.2, 0) is 4.74 Å². The first-order valence-electron chi connectivity index (χ1n) is 5.04. The molecule has 1 rings (SSSR count). The first-order chi connectivity index (χ1) is 6.77. The maximum atomic E-state index is 5.93. The Morgan fingerprint density at radius 3 is 2.43 bits per heavy atom. The largest absolute Gasteiger partial charge is 0.370 e. The molecule has 0 N–H and O–H groups in total. The molecule has 0 aromatic heterocycles. The lowest BCUT2D eigenvalue weighted by Crippen LogP contribution is -2.13. The van der Waals surface area contributed by atoms with Gasteiger partial charge in [-0.1, -0.05) is 59.8 Å². The molecule has 0 fully saturated rings. The lowest BCUT2D eigenvalue weighted by atomic mass is 10.1. The highest BCUT2D eigenvalue weighted by atomic mass is 127. The van der Waals surface area contributed by atoms with Crippen molar-refractivity contribution in [2.45, 2.75) is 32.5 Å². The Labute approximate surface area is 100.0 Å². The van der Waals surface area contributed by atoms with Gasteiger partial charge in [-0.2, -0.15) is 0 Å². The number of hydrogen-bond acceptors (Lipinski definition) is 1. The Hall–Kier alpha value is -0.0900. The summed E-state index contributed by atoms with van der Waals surface area (Å²) in [5.74, 6) is 0. The molecule has 0 radical (unpaired) electrons. The molecule has 1 aromatic rings. The SMILES string of the molecule is CCC(C)OC(CI)c1ccccc1. The third kappa shape index (κ3) is 3.58. The zero-order valence-electron chi connectivity index (χ0n) is 8.74. The number of hydrogen-bond donors (Lipinski definition) is 0. The fourth-order valence-electron chi connectivity index (χ4n) is 1.25. The number of benzene rings is 1. The van der Waals surface area contributed by atoms with Crippen LogP contribution in [0, 0.1) is 0 Å². The molecular weight excluding hydrogens is 287 g/mol. The maximum absolute atomic E-state index is 5.93. The smallest absolute Gasteiger partial charge is 0.0917 e. The standard InChI is InChI=1S/C12H17IO/c1-3-10(2)14-12(9-13)11-7-5-4-6-8-11/h4-8,10,12H,3,9H2,1-2H3. The van der Waals surface area contributed by atoms with Gasteiger partial charge in [0.15, 0.2) is 0 Å². The molecule has 0 saturated carbocycles. The van der Waals surface area contributed by atoms with Crippen LogP contribution in [0.4, 0.5) is 0 Å². The molecule has 78 valence electrons. The van der Waals surface area contributed by atoms with Crippen LogP contribution in [-0.4, -0.2) is 10.5 Å². The summed E-state index contributed by atoms with van der Waals surface area (Å²) in [5, 5.41) is 0. The summed E-state index contributed by atoms with van der Waals surface area (Å²) in [6, 6.07) is 10.4. The van der Waals surface area contributed by atoms with Crippen molar-refractivity contribution in [3.05, 3.63) is 35.9 Å². The Morgan fingerprint density at radius 2 is 1.93 bits per heavy atom. The highest BCUT2D eigenvalue weighted by Crippen LogP contribution is 2.21. The summed E-state index contributed by atoms with van der Waals surface area (Å²) in [6.07, 6.45) is 1.65. The summed E-state index contributed by atoms with van der Waals surface area (Å²) < 4.78 is 6.93. The number of alkyl halides is 1. The van der Waals surface area contributed by atoms with E-state index in [9.17, 15) is 0 Å². The quantitative estimate of drug-likeness (QED) is 0.590. The second-order valence-corrected chi connectivity index (χ2v) is 4.29. The van der Waals surface area contributed by atoms with Gasteiger partial charge in [-0.15, -0.1) is 0 Å². The van der Waals surface area contributed by atoms with Crippen LogP contribution in [0.25, 0.3) is 0 Å². The molecule has 0 amide bonds. The van der Waals surface area contributed by atoms with Crippen LogP contribution in [0.5, 0.6) is 0 Å². The van der Waals surface area contributed by atoms with E-state index in [1.807, 2.05) is 6.07 Å². The van der Waals surface area contributed by atoms with E-state index >= 15 is 0 Å². The van der Waals surface area contributed by atoms with Crippen LogP contribution < -0.4 is 0 Å². The molecule has 0 aliphatic heterocycles. The molecule has 0 bridgehead atoms. The molecule has 2 heteroatoms. The van der Waals surface area contributed by atoms with E-state index in [0.29, 0.717) is 6.10 Å². The van der Waals surface area contributed by atoms with Crippen LogP contribution in [0.15, 0.2) is 30.3 Å². The normalized spacial score (nSPS) is 15.1. The van der Waals surface area contributed by atoms with Gasteiger partial charge in [0.2, 0.25) is 0 Å². The van der Waals surface area contributed by atoms with E-state index in [0.717, 1.165) is 10.8 Å². The van der Waals surface area contributed by atoms with Gasteiger partial charge < -0.3 is 4.74 Å². The fourth-order valence-corrected chi connectivity index (χ4v) is 1.96. The van der Waals surface area contributed by atoms with Crippen LogP contribution in [0.2, 0.25) is 0 Å². The molecule has 0 saturated heterocycles. The predicted molar refractivity (Wildman–Crippen MR) is 68.9 cm³/mol. The van der Waals surface area contributed by atoms with Gasteiger partial charge >= 0.3 is 0 Å². The summed E-state index contributed by atoms with van der Waals surface area (Å²) in [5.41, 5.74) is 1.28. The van der Waals surface area contributed by atoms with Crippen molar-refractivity contribution in [1.82, 2.24) is 0 Å². The first-order valence-corrected chi connectivity index (χ1v) is 6.56. The van der Waals surface area contributed by atoms with E-state index in [2.05, 4.69) is 60.7 Å². The fraction of sp³-hybridized carbons (Fsp3) is 0.500. The number of rotatable bonds is 5. The van der Waals surface area contributed by atoms with Crippen LogP contribution in [0.3, 0.4) is 0 Å². The van der Waals surface area contributed by atoms with Crippen molar-refractivity contribution in [3.8, 4) is 0 Å². The maximum Gasteiger partial charge on any atom is 0.0917 e. The summed E-state index contributed by atoms with van der Waals surface area (Å²) in [7, 11) is 0. The van der Waals surface area contributed by atoms with Gasteiger partial charge in [-0.3, -0.25) is 0 Å². The van der Waals surface area contributed by atoms with Gasteiger partial charge in [0.05, 0.1) is 12.2 Å². The summed E-state index contributed by atoms with van der Waals surface area (Å²) in [4.78, 5) is 0. The first kappa shape index (κ1) is 12.0. The van der Waals surface area contributed by atoms with E-state index in [4.69, 9.17) is 4.74 Å². The second-order valence-electron chi connectivity index (χ2n) is 3.41. The van der Waals surface area contributed by atoms with Gasteiger partial charge in [0.25, 0.3) is 0 Å². The predicted octanol–water partition coefficient (Wildman–Crippen LogP) is 3.98. The average Bonchev–Trinajstić information content (AvgIpc) is 2.26. The average molecular weight is 304 g/mol. The van der Waals surface area contributed by atoms with Gasteiger partial charge in [0, 0.05) is 4.43 Å². The Kier molecular flexibility index (Phi) is 5.48. The molecule has 14 heavy (non-hydrogen) atoms. The van der Waals surface area contributed by atoms with Crippen LogP contribution >= 0.6 is 22.6 Å². The van der Waals surface area contributed by atoms with Crippen molar-refractivity contribution in [3.63, 3.8) is 0 Å². The summed E-state index contributed by atoms with van der Waals surface area (Å²) in [6.45, 7) is 4.28. The van der Waals surface area contributed by atoms with Gasteiger partial charge in [0.1, 0.15) is 0 Å². The molecule has 2 atom stereocenters.